The molecule has 0 fully saturated rings. The number of rotatable bonds is 12. The number of nitrogens with zero attached hydrogens (tertiary/aromatic N) is 8. The molecular weight excluding hydrogens is 1150 g/mol. The van der Waals surface area contributed by atoms with Crippen LogP contribution >= 0.6 is 0 Å². The second kappa shape index (κ2) is 23.4. The molecule has 0 saturated carbocycles. The van der Waals surface area contributed by atoms with Crippen molar-refractivity contribution in [2.45, 2.75) is 13.8 Å². The summed E-state index contributed by atoms with van der Waals surface area (Å²) in [5.41, 5.74) is 22.7. The van der Waals surface area contributed by atoms with Gasteiger partial charge in [-0.25, -0.2) is 29.9 Å². The predicted octanol–water partition coefficient (Wildman–Crippen LogP) is 21.5. The van der Waals surface area contributed by atoms with Gasteiger partial charge >= 0.3 is 0 Å². The van der Waals surface area contributed by atoms with Gasteiger partial charge in [0.1, 0.15) is 0 Å². The number of aromatic nitrogens is 8. The molecule has 0 amide bonds. The number of hydrogen-bond acceptors (Lipinski definition) is 6. The molecule has 17 rings (SSSR count). The Labute approximate surface area is 544 Å². The lowest BCUT2D eigenvalue weighted by atomic mass is 9.95. The maximum atomic E-state index is 5.43. The molecule has 17 aromatic rings. The minimum atomic E-state index is 0.555. The third kappa shape index (κ3) is 10.3. The zero-order valence-corrected chi connectivity index (χ0v) is 51.6. The van der Waals surface area contributed by atoms with Crippen molar-refractivity contribution in [2.75, 3.05) is 0 Å². The molecule has 442 valence electrons. The molecule has 0 N–H and O–H groups in total. The summed E-state index contributed by atoms with van der Waals surface area (Å²) < 4.78 is 4.77. The fraction of sp³-hybridized carbons (Fsp3) is 0.0233. The molecule has 0 atom stereocenters. The molecule has 0 saturated heterocycles. The van der Waals surface area contributed by atoms with E-state index in [9.17, 15) is 0 Å². The first kappa shape index (κ1) is 55.5. The lowest BCUT2D eigenvalue weighted by molar-refractivity contribution is 1.06. The van der Waals surface area contributed by atoms with Gasteiger partial charge in [-0.05, 0) is 131 Å². The van der Waals surface area contributed by atoms with E-state index >= 15 is 0 Å². The Morgan fingerprint density at radius 3 is 1.02 bits per heavy atom. The largest absolute Gasteiger partial charge is 0.309 e. The smallest absolute Gasteiger partial charge is 0.166 e. The van der Waals surface area contributed by atoms with Crippen LogP contribution in [0.4, 0.5) is 0 Å². The summed E-state index contributed by atoms with van der Waals surface area (Å²) in [6.07, 6.45) is 0. The first-order valence-corrected chi connectivity index (χ1v) is 31.7. The van der Waals surface area contributed by atoms with Crippen molar-refractivity contribution >= 4 is 43.6 Å². The summed E-state index contributed by atoms with van der Waals surface area (Å²) in [4.78, 5) is 31.8. The van der Waals surface area contributed by atoms with Crippen LogP contribution in [0.1, 0.15) is 11.1 Å². The highest BCUT2D eigenvalue weighted by atomic mass is 15.1. The monoisotopic (exact) mass is 1200 g/mol. The SMILES string of the molecule is Cc1cccc(-c2ccc3c(c2)c2ccccc2n3-c2cc(-c3cccc(-c4ccc(-n5c6ccccc6c6cc(-c7cccc(C)c7)ccc65)c(-c5nc(-c6ccccc6)nc(-c6ccccc6)n5)c4)c3)cc(-c3nc(-c4ccccc4)nc(-c4ccccc4)n3)c2)c1. The van der Waals surface area contributed by atoms with Gasteiger partial charge in [0.25, 0.3) is 0 Å². The molecule has 0 unspecified atom stereocenters. The van der Waals surface area contributed by atoms with Crippen LogP contribution in [0, 0.1) is 13.8 Å². The van der Waals surface area contributed by atoms with Crippen LogP contribution in [0.2, 0.25) is 0 Å². The first-order chi connectivity index (χ1) is 46.4. The summed E-state index contributed by atoms with van der Waals surface area (Å²) in [6.45, 7) is 4.29. The van der Waals surface area contributed by atoms with E-state index in [1.807, 2.05) is 72.8 Å². The maximum Gasteiger partial charge on any atom is 0.166 e. The van der Waals surface area contributed by atoms with Gasteiger partial charge in [0.15, 0.2) is 34.9 Å². The average molecular weight is 1200 g/mol. The van der Waals surface area contributed by atoms with Crippen LogP contribution < -0.4 is 0 Å². The van der Waals surface area contributed by atoms with Crippen molar-refractivity contribution in [3.05, 3.63) is 327 Å². The van der Waals surface area contributed by atoms with Crippen LogP contribution in [0.15, 0.2) is 315 Å². The zero-order chi connectivity index (χ0) is 62.6. The van der Waals surface area contributed by atoms with Crippen molar-refractivity contribution in [1.82, 2.24) is 39.0 Å². The van der Waals surface area contributed by atoms with E-state index in [4.69, 9.17) is 29.9 Å². The summed E-state index contributed by atoms with van der Waals surface area (Å²) in [7, 11) is 0. The predicted molar refractivity (Wildman–Crippen MR) is 386 cm³/mol. The van der Waals surface area contributed by atoms with E-state index in [1.54, 1.807) is 0 Å². The van der Waals surface area contributed by atoms with E-state index in [0.29, 0.717) is 34.9 Å². The first-order valence-electron chi connectivity index (χ1n) is 31.7. The van der Waals surface area contributed by atoms with Gasteiger partial charge in [0.05, 0.1) is 27.8 Å². The Hall–Kier alpha value is -12.5. The maximum absolute atomic E-state index is 5.43. The van der Waals surface area contributed by atoms with Gasteiger partial charge < -0.3 is 9.13 Å². The van der Waals surface area contributed by atoms with Crippen LogP contribution in [0.5, 0.6) is 0 Å². The third-order valence-corrected chi connectivity index (χ3v) is 17.9. The highest BCUT2D eigenvalue weighted by molar-refractivity contribution is 6.12. The Morgan fingerprint density at radius 2 is 0.532 bits per heavy atom. The zero-order valence-electron chi connectivity index (χ0n) is 51.6. The molecule has 0 radical (unpaired) electrons. The average Bonchev–Trinajstić information content (AvgIpc) is 1.56. The molecule has 0 aliphatic carbocycles. The Kier molecular flexibility index (Phi) is 13.8. The second-order valence-corrected chi connectivity index (χ2v) is 24.1. The normalized spacial score (nSPS) is 11.5. The summed E-state index contributed by atoms with van der Waals surface area (Å²) in [6, 6.07) is 112. The fourth-order valence-electron chi connectivity index (χ4n) is 13.4. The van der Waals surface area contributed by atoms with Crippen molar-refractivity contribution in [2.24, 2.45) is 0 Å². The number of fused-ring (bicyclic) bond motifs is 6. The van der Waals surface area contributed by atoms with Crippen LogP contribution in [0.3, 0.4) is 0 Å². The van der Waals surface area contributed by atoms with Crippen LogP contribution in [0.25, 0.3) is 168 Å². The third-order valence-electron chi connectivity index (χ3n) is 17.9. The van der Waals surface area contributed by atoms with Crippen molar-refractivity contribution in [3.8, 4) is 124 Å². The highest BCUT2D eigenvalue weighted by Crippen LogP contribution is 2.43. The van der Waals surface area contributed by atoms with E-state index in [-0.39, 0.29) is 0 Å². The van der Waals surface area contributed by atoms with Crippen LogP contribution in [-0.2, 0) is 0 Å². The standard InChI is InChI=1S/C86H58N8/c1-55-22-19-32-61(46-55)65-40-43-78-73(52-65)71-36-15-17-38-76(71)93(78)70-50-68(49-69(51-70)85-89-81(57-24-7-3-8-25-57)87-82(90-85)58-26-9-4-10-27-58)64-35-21-34-63(48-64)67-42-45-80(75(54-67)86-91-83(59-28-11-5-12-29-59)88-84(92-86)60-30-13-6-14-31-60)94-77-39-18-16-37-72(77)74-53-66(41-44-79(74)94)62-33-20-23-56(2)47-62/h3-54H,1-2H3. The molecule has 0 spiro atoms. The van der Waals surface area contributed by atoms with E-state index in [1.165, 1.54) is 33.2 Å². The summed E-state index contributed by atoms with van der Waals surface area (Å²) >= 11 is 0. The topological polar surface area (TPSA) is 87.2 Å². The molecule has 0 bridgehead atoms. The van der Waals surface area contributed by atoms with E-state index in [0.717, 1.165) is 111 Å². The molecular formula is C86H58N8. The quantitative estimate of drug-likeness (QED) is 0.121. The van der Waals surface area contributed by atoms with Gasteiger partial charge in [0, 0.05) is 60.6 Å². The minimum Gasteiger partial charge on any atom is -0.309 e. The highest BCUT2D eigenvalue weighted by Gasteiger charge is 2.23. The van der Waals surface area contributed by atoms with Crippen molar-refractivity contribution in [3.63, 3.8) is 0 Å². The van der Waals surface area contributed by atoms with Gasteiger partial charge in [-0.15, -0.1) is 0 Å². The number of para-hydroxylation sites is 2. The van der Waals surface area contributed by atoms with Crippen molar-refractivity contribution < 1.29 is 0 Å². The molecule has 13 aromatic carbocycles. The van der Waals surface area contributed by atoms with Gasteiger partial charge in [-0.3, -0.25) is 0 Å². The summed E-state index contributed by atoms with van der Waals surface area (Å²) in [5, 5.41) is 4.64. The number of hydrogen-bond donors (Lipinski definition) is 0. The van der Waals surface area contributed by atoms with Crippen molar-refractivity contribution in [1.29, 1.82) is 0 Å². The number of benzene rings is 13. The Bertz CT molecular complexity index is 5640. The molecule has 4 aromatic heterocycles. The van der Waals surface area contributed by atoms with Crippen LogP contribution in [-0.4, -0.2) is 39.0 Å². The summed E-state index contributed by atoms with van der Waals surface area (Å²) in [5.74, 6) is 3.48. The number of aryl methyl sites for hydroxylation is 2. The second-order valence-electron chi connectivity index (χ2n) is 24.1. The molecule has 8 nitrogen and oxygen atoms in total. The molecule has 0 aliphatic heterocycles. The Balaban J connectivity index is 0.881. The fourth-order valence-corrected chi connectivity index (χ4v) is 13.4. The van der Waals surface area contributed by atoms with Gasteiger partial charge in [0.2, 0.25) is 0 Å². The van der Waals surface area contributed by atoms with E-state index < -0.39 is 0 Å². The van der Waals surface area contributed by atoms with Gasteiger partial charge in [-0.1, -0.05) is 254 Å². The van der Waals surface area contributed by atoms with E-state index in [2.05, 4.69) is 266 Å². The molecule has 0 aliphatic rings. The lowest BCUT2D eigenvalue weighted by Crippen LogP contribution is -2.04. The molecule has 8 heteroatoms. The lowest BCUT2D eigenvalue weighted by Gasteiger charge is -2.17. The molecule has 94 heavy (non-hydrogen) atoms. The molecule has 4 heterocycles. The van der Waals surface area contributed by atoms with Gasteiger partial charge in [-0.2, -0.15) is 0 Å². The Morgan fingerprint density at radius 1 is 0.202 bits per heavy atom. The minimum absolute atomic E-state index is 0.555.